The zero-order valence-corrected chi connectivity index (χ0v) is 14.4. The number of fused-ring (bicyclic) bond motifs is 1. The molecule has 1 N–H and O–H groups in total. The zero-order valence-electron chi connectivity index (χ0n) is 14.4. The number of amides is 2. The Balaban J connectivity index is 1.54. The van der Waals surface area contributed by atoms with Crippen molar-refractivity contribution in [2.75, 3.05) is 11.4 Å². The van der Waals surface area contributed by atoms with Gasteiger partial charge in [-0.3, -0.25) is 9.59 Å². The van der Waals surface area contributed by atoms with Gasteiger partial charge in [-0.25, -0.2) is 0 Å². The Labute approximate surface area is 147 Å². The zero-order chi connectivity index (χ0) is 17.4. The summed E-state index contributed by atoms with van der Waals surface area (Å²) in [6, 6.07) is 14.4. The van der Waals surface area contributed by atoms with Crippen molar-refractivity contribution in [1.29, 1.82) is 0 Å². The number of nitrogens with zero attached hydrogens (tertiary/aromatic N) is 1. The van der Waals surface area contributed by atoms with Gasteiger partial charge in [-0.1, -0.05) is 25.1 Å². The number of rotatable bonds is 4. The van der Waals surface area contributed by atoms with Crippen LogP contribution in [0.1, 0.15) is 42.1 Å². The van der Waals surface area contributed by atoms with Gasteiger partial charge in [0.15, 0.2) is 0 Å². The third kappa shape index (κ3) is 3.16. The van der Waals surface area contributed by atoms with E-state index in [0.29, 0.717) is 18.0 Å². The predicted molar refractivity (Wildman–Crippen MR) is 98.7 cm³/mol. The molecule has 25 heavy (non-hydrogen) atoms. The fraction of sp³-hybridized carbons (Fsp3) is 0.333. The molecule has 4 nitrogen and oxygen atoms in total. The number of benzene rings is 2. The van der Waals surface area contributed by atoms with Crippen molar-refractivity contribution < 1.29 is 9.59 Å². The summed E-state index contributed by atoms with van der Waals surface area (Å²) in [7, 11) is 0. The van der Waals surface area contributed by atoms with E-state index in [1.807, 2.05) is 42.2 Å². The largest absolute Gasteiger partial charge is 0.349 e. The third-order valence-corrected chi connectivity index (χ3v) is 4.97. The Morgan fingerprint density at radius 3 is 2.48 bits per heavy atom. The van der Waals surface area contributed by atoms with Gasteiger partial charge in [-0.2, -0.15) is 0 Å². The van der Waals surface area contributed by atoms with Crippen LogP contribution in [-0.4, -0.2) is 24.4 Å². The van der Waals surface area contributed by atoms with Crippen LogP contribution >= 0.6 is 0 Å². The van der Waals surface area contributed by atoms with Crippen LogP contribution in [0.3, 0.4) is 0 Å². The number of carbonyl (C=O) groups excluding carboxylic acids is 2. The summed E-state index contributed by atoms with van der Waals surface area (Å²) in [6.45, 7) is 2.67. The molecule has 2 aromatic rings. The van der Waals surface area contributed by atoms with Gasteiger partial charge in [0.25, 0.3) is 5.91 Å². The minimum atomic E-state index is 0.0109. The number of anilines is 1. The van der Waals surface area contributed by atoms with E-state index in [2.05, 4.69) is 17.4 Å². The van der Waals surface area contributed by atoms with E-state index >= 15 is 0 Å². The molecular weight excluding hydrogens is 312 g/mol. The number of hydrogen-bond donors (Lipinski definition) is 1. The molecule has 0 spiro atoms. The Hall–Kier alpha value is -2.62. The van der Waals surface area contributed by atoms with Gasteiger partial charge in [0, 0.05) is 30.3 Å². The topological polar surface area (TPSA) is 49.4 Å². The Morgan fingerprint density at radius 1 is 1.08 bits per heavy atom. The van der Waals surface area contributed by atoms with Crippen molar-refractivity contribution in [2.24, 2.45) is 0 Å². The monoisotopic (exact) mass is 334 g/mol. The van der Waals surface area contributed by atoms with E-state index in [-0.39, 0.29) is 11.8 Å². The molecular formula is C21H22N2O2. The lowest BCUT2D eigenvalue weighted by molar-refractivity contribution is -0.118. The van der Waals surface area contributed by atoms with Crippen LogP contribution in [-0.2, 0) is 11.2 Å². The second-order valence-electron chi connectivity index (χ2n) is 6.82. The Morgan fingerprint density at radius 2 is 1.80 bits per heavy atom. The van der Waals surface area contributed by atoms with Gasteiger partial charge in [0.2, 0.25) is 5.91 Å². The smallest absolute Gasteiger partial charge is 0.251 e. The first-order chi connectivity index (χ1) is 12.2. The molecule has 0 radical (unpaired) electrons. The van der Waals surface area contributed by atoms with Crippen LogP contribution in [0, 0.1) is 0 Å². The first-order valence-electron chi connectivity index (χ1n) is 9.00. The van der Waals surface area contributed by atoms with E-state index in [1.54, 1.807) is 0 Å². The summed E-state index contributed by atoms with van der Waals surface area (Å²) in [6.07, 6.45) is 3.62. The highest BCUT2D eigenvalue weighted by atomic mass is 16.2. The summed E-state index contributed by atoms with van der Waals surface area (Å²) in [5, 5.41) is 3.01. The molecule has 0 atom stereocenters. The van der Waals surface area contributed by atoms with Crippen LogP contribution in [0.4, 0.5) is 5.69 Å². The van der Waals surface area contributed by atoms with Crippen LogP contribution in [0.15, 0.2) is 42.5 Å². The Bertz CT molecular complexity index is 822. The van der Waals surface area contributed by atoms with Crippen LogP contribution < -0.4 is 10.2 Å². The number of hydrogen-bond acceptors (Lipinski definition) is 2. The molecule has 0 unspecified atom stereocenters. The van der Waals surface area contributed by atoms with E-state index < -0.39 is 0 Å². The van der Waals surface area contributed by atoms with Crippen molar-refractivity contribution in [2.45, 2.75) is 38.6 Å². The molecule has 0 bridgehead atoms. The van der Waals surface area contributed by atoms with E-state index in [9.17, 15) is 9.59 Å². The average Bonchev–Trinajstić information content (AvgIpc) is 3.36. The van der Waals surface area contributed by atoms with E-state index in [0.717, 1.165) is 42.6 Å². The highest BCUT2D eigenvalue weighted by Crippen LogP contribution is 2.32. The fourth-order valence-electron chi connectivity index (χ4n) is 3.34. The van der Waals surface area contributed by atoms with E-state index in [4.69, 9.17) is 0 Å². The molecule has 2 aliphatic rings. The normalized spacial score (nSPS) is 15.8. The summed E-state index contributed by atoms with van der Waals surface area (Å²) in [5.74, 6) is 0.189. The second kappa shape index (κ2) is 6.36. The summed E-state index contributed by atoms with van der Waals surface area (Å²) >= 11 is 0. The molecule has 1 heterocycles. The van der Waals surface area contributed by atoms with Crippen LogP contribution in [0.2, 0.25) is 0 Å². The number of nitrogens with one attached hydrogen (secondary N) is 1. The fourth-order valence-corrected chi connectivity index (χ4v) is 3.34. The highest BCUT2D eigenvalue weighted by Gasteiger charge is 2.24. The lowest BCUT2D eigenvalue weighted by Crippen LogP contribution is -2.27. The average molecular weight is 334 g/mol. The maximum atomic E-state index is 12.1. The maximum Gasteiger partial charge on any atom is 0.251 e. The minimum absolute atomic E-state index is 0.0109. The molecule has 4 heteroatoms. The molecule has 4 rings (SSSR count). The van der Waals surface area contributed by atoms with E-state index in [1.165, 1.54) is 5.56 Å². The van der Waals surface area contributed by atoms with Gasteiger partial charge < -0.3 is 10.2 Å². The highest BCUT2D eigenvalue weighted by molar-refractivity contribution is 5.96. The Kier molecular flexibility index (Phi) is 4.04. The molecule has 128 valence electrons. The third-order valence-electron chi connectivity index (χ3n) is 4.97. The molecule has 1 saturated carbocycles. The maximum absolute atomic E-state index is 12.1. The predicted octanol–water partition coefficient (Wildman–Crippen LogP) is 3.54. The van der Waals surface area contributed by atoms with Gasteiger partial charge in [-0.05, 0) is 60.2 Å². The minimum Gasteiger partial charge on any atom is -0.349 e. The summed E-state index contributed by atoms with van der Waals surface area (Å²) < 4.78 is 0. The lowest BCUT2D eigenvalue weighted by Gasteiger charge is -2.16. The van der Waals surface area contributed by atoms with Gasteiger partial charge in [0.05, 0.1) is 0 Å². The summed E-state index contributed by atoms with van der Waals surface area (Å²) in [5.41, 5.74) is 5.17. The SMILES string of the molecule is CCC(=O)N1CCc2cc(-c3ccc(C(=O)NC4CC4)cc3)ccc21. The van der Waals surface area contributed by atoms with Gasteiger partial charge >= 0.3 is 0 Å². The first-order valence-corrected chi connectivity index (χ1v) is 9.00. The van der Waals surface area contributed by atoms with Crippen molar-refractivity contribution in [1.82, 2.24) is 5.32 Å². The molecule has 1 fully saturated rings. The number of carbonyl (C=O) groups is 2. The van der Waals surface area contributed by atoms with Crippen molar-refractivity contribution in [3.05, 3.63) is 53.6 Å². The molecule has 0 saturated heterocycles. The van der Waals surface area contributed by atoms with Crippen molar-refractivity contribution >= 4 is 17.5 Å². The molecule has 1 aliphatic carbocycles. The molecule has 0 aromatic heterocycles. The molecule has 1 aliphatic heterocycles. The van der Waals surface area contributed by atoms with Gasteiger partial charge in [-0.15, -0.1) is 0 Å². The lowest BCUT2D eigenvalue weighted by atomic mass is 10.0. The van der Waals surface area contributed by atoms with Crippen LogP contribution in [0.5, 0.6) is 0 Å². The second-order valence-corrected chi connectivity index (χ2v) is 6.82. The van der Waals surface area contributed by atoms with Crippen molar-refractivity contribution in [3.8, 4) is 11.1 Å². The first kappa shape index (κ1) is 15.9. The van der Waals surface area contributed by atoms with Gasteiger partial charge in [0.1, 0.15) is 0 Å². The molecule has 2 amide bonds. The standard InChI is InChI=1S/C21H22N2O2/c1-2-20(24)23-12-11-17-13-16(7-10-19(17)23)14-3-5-15(6-4-14)21(25)22-18-8-9-18/h3-7,10,13,18H,2,8-9,11-12H2,1H3,(H,22,25). The quantitative estimate of drug-likeness (QED) is 0.930. The summed E-state index contributed by atoms with van der Waals surface area (Å²) in [4.78, 5) is 26.0. The molecule has 2 aromatic carbocycles. The van der Waals surface area contributed by atoms with Crippen molar-refractivity contribution in [3.63, 3.8) is 0 Å². The van der Waals surface area contributed by atoms with Crippen LogP contribution in [0.25, 0.3) is 11.1 Å².